The quantitative estimate of drug-likeness (QED) is 0.0322. The van der Waals surface area contributed by atoms with E-state index in [0.29, 0.717) is 19.3 Å². The van der Waals surface area contributed by atoms with Gasteiger partial charge >= 0.3 is 5.97 Å². The first kappa shape index (κ1) is 58.8. The van der Waals surface area contributed by atoms with Crippen molar-refractivity contribution in [3.05, 3.63) is 97.2 Å². The number of aliphatic hydroxyl groups is 2. The summed E-state index contributed by atoms with van der Waals surface area (Å²) in [6.45, 7) is 6.22. The third kappa shape index (κ3) is 43.4. The standard InChI is InChI=1S/C56H95NO5/c1-4-7-10-13-16-19-22-25-27-28-31-34-37-40-43-46-49-56(61)62-52(47-44-41-38-35-32-30-26-23-20-17-14-11-8-5-2)50-55(60)57-53(51-58)54(59)48-45-42-39-36-33-29-24-21-18-15-12-9-6-3/h7-8,10-11,16-17,19-20,25-27,30-31,34,40,43,52-54,58-59H,4-6,9,12-15,18,21-24,28-29,32-33,35-39,41-42,44-51H2,1-3H3,(H,57,60)/b10-7+,11-8+,19-16+,20-17+,27-25+,30-26+,34-31+,43-40+. The maximum Gasteiger partial charge on any atom is 0.306 e. The van der Waals surface area contributed by atoms with Crippen molar-refractivity contribution in [1.82, 2.24) is 5.32 Å². The lowest BCUT2D eigenvalue weighted by atomic mass is 10.0. The second kappa shape index (κ2) is 48.8. The van der Waals surface area contributed by atoms with E-state index < -0.39 is 18.2 Å². The van der Waals surface area contributed by atoms with Gasteiger partial charge in [0.1, 0.15) is 6.10 Å². The zero-order valence-corrected chi connectivity index (χ0v) is 40.2. The molecular formula is C56H95NO5. The number of hydrogen-bond acceptors (Lipinski definition) is 5. The maximum atomic E-state index is 13.2. The fraction of sp³-hybridized carbons (Fsp3) is 0.679. The first-order valence-electron chi connectivity index (χ1n) is 25.5. The molecule has 6 nitrogen and oxygen atoms in total. The molecule has 0 aliphatic heterocycles. The van der Waals surface area contributed by atoms with E-state index in [2.05, 4.69) is 117 Å². The molecular weight excluding hydrogens is 767 g/mol. The van der Waals surface area contributed by atoms with Gasteiger partial charge < -0.3 is 20.3 Å². The number of ether oxygens (including phenoxy) is 1. The number of aliphatic hydroxyl groups excluding tert-OH is 2. The van der Waals surface area contributed by atoms with Gasteiger partial charge in [0, 0.05) is 6.42 Å². The minimum absolute atomic E-state index is 0.0276. The highest BCUT2D eigenvalue weighted by Gasteiger charge is 2.24. The van der Waals surface area contributed by atoms with Gasteiger partial charge in [-0.2, -0.15) is 0 Å². The van der Waals surface area contributed by atoms with Gasteiger partial charge in [0.25, 0.3) is 0 Å². The molecule has 0 radical (unpaired) electrons. The molecule has 62 heavy (non-hydrogen) atoms. The molecule has 0 fully saturated rings. The summed E-state index contributed by atoms with van der Waals surface area (Å²) in [6.07, 6.45) is 64.7. The van der Waals surface area contributed by atoms with Crippen LogP contribution in [-0.2, 0) is 14.3 Å². The molecule has 0 aliphatic rings. The molecule has 0 aromatic rings. The third-order valence-corrected chi connectivity index (χ3v) is 10.9. The Morgan fingerprint density at radius 3 is 1.32 bits per heavy atom. The predicted octanol–water partition coefficient (Wildman–Crippen LogP) is 15.3. The SMILES string of the molecule is CC/C=C/C/C=C/C/C=C/C/C=C/C/C=C/CCC(=O)OC(CCCCCC/C=C/C/C=C/C/C=C/CC)CC(=O)NC(CO)C(O)CCCCCCCCCCCCCCC. The number of carbonyl (C=O) groups is 2. The van der Waals surface area contributed by atoms with Gasteiger partial charge in [-0.3, -0.25) is 9.59 Å². The average Bonchev–Trinajstić information content (AvgIpc) is 3.26. The molecule has 0 aliphatic carbocycles. The van der Waals surface area contributed by atoms with Crippen molar-refractivity contribution in [3.63, 3.8) is 0 Å². The Bertz CT molecular complexity index is 1240. The minimum Gasteiger partial charge on any atom is -0.462 e. The lowest BCUT2D eigenvalue weighted by Crippen LogP contribution is -2.46. The molecule has 3 atom stereocenters. The normalized spacial score (nSPS) is 14.1. The van der Waals surface area contributed by atoms with Gasteiger partial charge in [0.05, 0.1) is 25.2 Å². The Balaban J connectivity index is 4.75. The largest absolute Gasteiger partial charge is 0.462 e. The van der Waals surface area contributed by atoms with Crippen LogP contribution in [0.4, 0.5) is 0 Å². The summed E-state index contributed by atoms with van der Waals surface area (Å²) in [5, 5.41) is 23.7. The number of carbonyl (C=O) groups excluding carboxylic acids is 2. The van der Waals surface area contributed by atoms with E-state index >= 15 is 0 Å². The summed E-state index contributed by atoms with van der Waals surface area (Å²) < 4.78 is 5.88. The molecule has 0 aromatic heterocycles. The van der Waals surface area contributed by atoms with Crippen LogP contribution < -0.4 is 5.32 Å². The molecule has 3 unspecified atom stereocenters. The van der Waals surface area contributed by atoms with Crippen molar-refractivity contribution in [2.75, 3.05) is 6.61 Å². The fourth-order valence-corrected chi connectivity index (χ4v) is 7.14. The van der Waals surface area contributed by atoms with Gasteiger partial charge in [0.15, 0.2) is 0 Å². The van der Waals surface area contributed by atoms with E-state index in [9.17, 15) is 19.8 Å². The lowest BCUT2D eigenvalue weighted by molar-refractivity contribution is -0.150. The molecule has 0 spiro atoms. The number of allylic oxidation sites excluding steroid dienone is 16. The van der Waals surface area contributed by atoms with E-state index in [1.807, 2.05) is 6.08 Å². The van der Waals surface area contributed by atoms with Crippen molar-refractivity contribution in [2.45, 2.75) is 238 Å². The highest BCUT2D eigenvalue weighted by atomic mass is 16.5. The highest BCUT2D eigenvalue weighted by molar-refractivity contribution is 5.77. The summed E-state index contributed by atoms with van der Waals surface area (Å²) in [7, 11) is 0. The summed E-state index contributed by atoms with van der Waals surface area (Å²) in [4.78, 5) is 26.1. The zero-order chi connectivity index (χ0) is 45.2. The smallest absolute Gasteiger partial charge is 0.306 e. The second-order valence-electron chi connectivity index (χ2n) is 16.8. The zero-order valence-electron chi connectivity index (χ0n) is 40.2. The van der Waals surface area contributed by atoms with Crippen LogP contribution in [0.15, 0.2) is 97.2 Å². The molecule has 0 rings (SSSR count). The van der Waals surface area contributed by atoms with Crippen LogP contribution >= 0.6 is 0 Å². The Hall–Kier alpha value is -3.22. The van der Waals surface area contributed by atoms with Crippen LogP contribution in [-0.4, -0.2) is 46.9 Å². The summed E-state index contributed by atoms with van der Waals surface area (Å²) >= 11 is 0. The molecule has 3 N–H and O–H groups in total. The first-order valence-corrected chi connectivity index (χ1v) is 25.5. The number of rotatable bonds is 44. The van der Waals surface area contributed by atoms with E-state index in [1.165, 1.54) is 64.2 Å². The van der Waals surface area contributed by atoms with Crippen LogP contribution in [0.5, 0.6) is 0 Å². The molecule has 0 saturated carbocycles. The molecule has 1 amide bonds. The predicted molar refractivity (Wildman–Crippen MR) is 268 cm³/mol. The van der Waals surface area contributed by atoms with Crippen molar-refractivity contribution in [2.24, 2.45) is 0 Å². The maximum absolute atomic E-state index is 13.2. The summed E-state index contributed by atoms with van der Waals surface area (Å²) in [5.74, 6) is -0.602. The van der Waals surface area contributed by atoms with Crippen molar-refractivity contribution in [3.8, 4) is 0 Å². The Morgan fingerprint density at radius 1 is 0.484 bits per heavy atom. The number of nitrogens with one attached hydrogen (secondary N) is 1. The van der Waals surface area contributed by atoms with Gasteiger partial charge in [-0.15, -0.1) is 0 Å². The highest BCUT2D eigenvalue weighted by Crippen LogP contribution is 2.17. The number of esters is 1. The van der Waals surface area contributed by atoms with Gasteiger partial charge in [-0.05, 0) is 89.9 Å². The minimum atomic E-state index is -0.811. The number of amides is 1. The summed E-state index contributed by atoms with van der Waals surface area (Å²) in [5.41, 5.74) is 0. The molecule has 354 valence electrons. The van der Waals surface area contributed by atoms with Crippen LogP contribution in [0.25, 0.3) is 0 Å². The van der Waals surface area contributed by atoms with Crippen molar-refractivity contribution in [1.29, 1.82) is 0 Å². The van der Waals surface area contributed by atoms with Gasteiger partial charge in [0.2, 0.25) is 5.91 Å². The molecule has 0 bridgehead atoms. The number of hydrogen-bond donors (Lipinski definition) is 3. The molecule has 0 saturated heterocycles. The topological polar surface area (TPSA) is 95.9 Å². The van der Waals surface area contributed by atoms with Crippen LogP contribution in [0.2, 0.25) is 0 Å². The van der Waals surface area contributed by atoms with Gasteiger partial charge in [-0.25, -0.2) is 0 Å². The van der Waals surface area contributed by atoms with E-state index in [1.54, 1.807) is 0 Å². The summed E-state index contributed by atoms with van der Waals surface area (Å²) in [6, 6.07) is -0.729. The van der Waals surface area contributed by atoms with E-state index in [-0.39, 0.29) is 31.3 Å². The van der Waals surface area contributed by atoms with Crippen LogP contribution in [0, 0.1) is 0 Å². The lowest BCUT2D eigenvalue weighted by Gasteiger charge is -2.24. The first-order chi connectivity index (χ1) is 30.5. The second-order valence-corrected chi connectivity index (χ2v) is 16.8. The van der Waals surface area contributed by atoms with Crippen molar-refractivity contribution >= 4 is 11.9 Å². The monoisotopic (exact) mass is 862 g/mol. The van der Waals surface area contributed by atoms with Crippen LogP contribution in [0.1, 0.15) is 220 Å². The molecule has 6 heteroatoms. The van der Waals surface area contributed by atoms with Gasteiger partial charge in [-0.1, -0.05) is 214 Å². The Kier molecular flexibility index (Phi) is 46.3. The van der Waals surface area contributed by atoms with Crippen molar-refractivity contribution < 1.29 is 24.5 Å². The number of unbranched alkanes of at least 4 members (excludes halogenated alkanes) is 16. The Morgan fingerprint density at radius 2 is 0.871 bits per heavy atom. The molecule has 0 aromatic carbocycles. The third-order valence-electron chi connectivity index (χ3n) is 10.9. The Labute approximate surface area is 382 Å². The molecule has 0 heterocycles. The van der Waals surface area contributed by atoms with E-state index in [0.717, 1.165) is 103 Å². The fourth-order valence-electron chi connectivity index (χ4n) is 7.14. The average molecular weight is 862 g/mol. The van der Waals surface area contributed by atoms with E-state index in [4.69, 9.17) is 4.74 Å². The van der Waals surface area contributed by atoms with Crippen LogP contribution in [0.3, 0.4) is 0 Å².